The van der Waals surface area contributed by atoms with Crippen molar-refractivity contribution in [3.63, 3.8) is 0 Å². The van der Waals surface area contributed by atoms with Crippen molar-refractivity contribution >= 4 is 21.8 Å². The summed E-state index contributed by atoms with van der Waals surface area (Å²) in [5.41, 5.74) is 2.34. The first-order valence-corrected chi connectivity index (χ1v) is 12.3. The number of rotatable bonds is 8. The number of likely N-dealkylation sites (tertiary alicyclic amines) is 2. The van der Waals surface area contributed by atoms with E-state index in [2.05, 4.69) is 50.0 Å². The smallest absolute Gasteiger partial charge is 0.229 e. The minimum atomic E-state index is -0.130. The summed E-state index contributed by atoms with van der Waals surface area (Å²) in [5.74, 6) is 1.93. The Hall–Kier alpha value is -2.05. The van der Waals surface area contributed by atoms with E-state index in [0.29, 0.717) is 5.91 Å². The number of halogens is 1. The Morgan fingerprint density at radius 1 is 0.906 bits per heavy atom. The summed E-state index contributed by atoms with van der Waals surface area (Å²) in [6.07, 6.45) is 5.09. The van der Waals surface area contributed by atoms with E-state index in [0.717, 1.165) is 80.8 Å². The van der Waals surface area contributed by atoms with Crippen molar-refractivity contribution < 1.29 is 14.3 Å². The van der Waals surface area contributed by atoms with E-state index in [9.17, 15) is 4.79 Å². The van der Waals surface area contributed by atoms with Crippen LogP contribution in [0.25, 0.3) is 0 Å². The van der Waals surface area contributed by atoms with Gasteiger partial charge in [0.1, 0.15) is 0 Å². The van der Waals surface area contributed by atoms with Gasteiger partial charge in [0.05, 0.1) is 19.6 Å². The number of hydrogen-bond acceptors (Lipinski definition) is 4. The minimum absolute atomic E-state index is 0.130. The Labute approximate surface area is 199 Å². The number of nitrogens with zero attached hydrogens (tertiary/aromatic N) is 2. The van der Waals surface area contributed by atoms with Crippen molar-refractivity contribution in [2.75, 3.05) is 40.4 Å². The van der Waals surface area contributed by atoms with E-state index in [4.69, 9.17) is 9.47 Å². The SMILES string of the molecule is COc1ccc(CCCN2CCC3(CC2)CCN(Cc2ccc(Br)cc2)C3=O)cc1OC. The molecule has 2 saturated heterocycles. The molecule has 2 aromatic carbocycles. The lowest BCUT2D eigenvalue weighted by Crippen LogP contribution is -2.44. The van der Waals surface area contributed by atoms with Gasteiger partial charge in [-0.25, -0.2) is 0 Å². The molecule has 1 amide bonds. The molecule has 2 aliphatic heterocycles. The average molecular weight is 501 g/mol. The third-order valence-electron chi connectivity index (χ3n) is 7.09. The highest BCUT2D eigenvalue weighted by Gasteiger charge is 2.47. The van der Waals surface area contributed by atoms with Crippen LogP contribution in [0, 0.1) is 5.41 Å². The molecule has 2 aromatic rings. The fourth-order valence-electron chi connectivity index (χ4n) is 5.07. The van der Waals surface area contributed by atoms with E-state index in [1.54, 1.807) is 14.2 Å². The lowest BCUT2D eigenvalue weighted by Gasteiger charge is -2.38. The van der Waals surface area contributed by atoms with Gasteiger partial charge in [-0.15, -0.1) is 0 Å². The zero-order chi connectivity index (χ0) is 22.6. The normalized spacial score (nSPS) is 18.3. The predicted molar refractivity (Wildman–Crippen MR) is 130 cm³/mol. The van der Waals surface area contributed by atoms with Gasteiger partial charge in [0.15, 0.2) is 11.5 Å². The molecule has 0 unspecified atom stereocenters. The number of carbonyl (C=O) groups excluding carboxylic acids is 1. The van der Waals surface area contributed by atoms with Crippen molar-refractivity contribution in [1.29, 1.82) is 0 Å². The van der Waals surface area contributed by atoms with Gasteiger partial charge in [-0.2, -0.15) is 0 Å². The highest BCUT2D eigenvalue weighted by Crippen LogP contribution is 2.42. The van der Waals surface area contributed by atoms with E-state index in [-0.39, 0.29) is 5.41 Å². The van der Waals surface area contributed by atoms with Gasteiger partial charge in [0, 0.05) is 17.6 Å². The average Bonchev–Trinajstić information content (AvgIpc) is 3.11. The number of aryl methyl sites for hydroxylation is 1. The number of methoxy groups -OCH3 is 2. The van der Waals surface area contributed by atoms with Gasteiger partial charge in [0.25, 0.3) is 0 Å². The van der Waals surface area contributed by atoms with Crippen LogP contribution in [0.15, 0.2) is 46.9 Å². The standard InChI is InChI=1S/C26H33BrN2O3/c1-31-23-10-7-20(18-24(23)32-2)4-3-14-28-15-11-26(12-16-28)13-17-29(25(26)30)19-21-5-8-22(27)9-6-21/h5-10,18H,3-4,11-17,19H2,1-2H3. The molecule has 4 rings (SSSR count). The van der Waals surface area contributed by atoms with Crippen molar-refractivity contribution in [3.05, 3.63) is 58.1 Å². The van der Waals surface area contributed by atoms with Crippen LogP contribution in [0.1, 0.15) is 36.8 Å². The first-order chi connectivity index (χ1) is 15.5. The third-order valence-corrected chi connectivity index (χ3v) is 7.62. The van der Waals surface area contributed by atoms with Gasteiger partial charge in [-0.05, 0) is 87.1 Å². The van der Waals surface area contributed by atoms with E-state index in [1.807, 2.05) is 18.2 Å². The molecule has 5 nitrogen and oxygen atoms in total. The maximum Gasteiger partial charge on any atom is 0.229 e. The van der Waals surface area contributed by atoms with Crippen LogP contribution in [0.2, 0.25) is 0 Å². The number of benzene rings is 2. The molecule has 0 N–H and O–H groups in total. The van der Waals surface area contributed by atoms with Crippen molar-refractivity contribution in [2.24, 2.45) is 5.41 Å². The van der Waals surface area contributed by atoms with Crippen LogP contribution < -0.4 is 9.47 Å². The molecule has 6 heteroatoms. The maximum atomic E-state index is 13.2. The molecule has 1 spiro atoms. The molecule has 0 atom stereocenters. The predicted octanol–water partition coefficient (Wildman–Crippen LogP) is 4.91. The highest BCUT2D eigenvalue weighted by molar-refractivity contribution is 9.10. The van der Waals surface area contributed by atoms with Crippen LogP contribution in [0.5, 0.6) is 11.5 Å². The molecule has 172 valence electrons. The largest absolute Gasteiger partial charge is 0.493 e. The quantitative estimate of drug-likeness (QED) is 0.516. The number of ether oxygens (including phenoxy) is 2. The van der Waals surface area contributed by atoms with Crippen LogP contribution in [-0.2, 0) is 17.8 Å². The summed E-state index contributed by atoms with van der Waals surface area (Å²) in [6, 6.07) is 14.5. The molecule has 0 aliphatic carbocycles. The molecule has 32 heavy (non-hydrogen) atoms. The zero-order valence-electron chi connectivity index (χ0n) is 19.1. The Bertz CT molecular complexity index is 923. The summed E-state index contributed by atoms with van der Waals surface area (Å²) in [7, 11) is 3.34. The van der Waals surface area contributed by atoms with Crippen molar-refractivity contribution in [3.8, 4) is 11.5 Å². The van der Waals surface area contributed by atoms with Crippen LogP contribution in [-0.4, -0.2) is 56.1 Å². The lowest BCUT2D eigenvalue weighted by atomic mass is 9.77. The first kappa shape index (κ1) is 23.1. The molecule has 0 radical (unpaired) electrons. The minimum Gasteiger partial charge on any atom is -0.493 e. The van der Waals surface area contributed by atoms with Crippen LogP contribution in [0.3, 0.4) is 0 Å². The Morgan fingerprint density at radius 2 is 1.56 bits per heavy atom. The van der Waals surface area contributed by atoms with Crippen molar-refractivity contribution in [2.45, 2.75) is 38.6 Å². The molecule has 0 saturated carbocycles. The third kappa shape index (κ3) is 5.12. The Morgan fingerprint density at radius 3 is 2.25 bits per heavy atom. The van der Waals surface area contributed by atoms with E-state index < -0.39 is 0 Å². The fourth-order valence-corrected chi connectivity index (χ4v) is 5.33. The molecule has 2 aliphatic rings. The molecule has 0 aromatic heterocycles. The zero-order valence-corrected chi connectivity index (χ0v) is 20.7. The Balaban J connectivity index is 1.24. The monoisotopic (exact) mass is 500 g/mol. The summed E-state index contributed by atoms with van der Waals surface area (Å²) in [4.78, 5) is 17.8. The maximum absolute atomic E-state index is 13.2. The molecule has 0 bridgehead atoms. The van der Waals surface area contributed by atoms with Crippen LogP contribution >= 0.6 is 15.9 Å². The molecular formula is C26H33BrN2O3. The topological polar surface area (TPSA) is 42.0 Å². The Kier molecular flexibility index (Phi) is 7.41. The summed E-state index contributed by atoms with van der Waals surface area (Å²) in [6.45, 7) is 4.71. The van der Waals surface area contributed by atoms with Gasteiger partial charge >= 0.3 is 0 Å². The second-order valence-corrected chi connectivity index (χ2v) is 9.93. The highest BCUT2D eigenvalue weighted by atomic mass is 79.9. The molecule has 2 fully saturated rings. The number of hydrogen-bond donors (Lipinski definition) is 0. The summed E-state index contributed by atoms with van der Waals surface area (Å²) >= 11 is 3.48. The summed E-state index contributed by atoms with van der Waals surface area (Å²) in [5, 5.41) is 0. The summed E-state index contributed by atoms with van der Waals surface area (Å²) < 4.78 is 11.8. The van der Waals surface area contributed by atoms with Crippen LogP contribution in [0.4, 0.5) is 0 Å². The number of amides is 1. The molecule has 2 heterocycles. The number of carbonyl (C=O) groups is 1. The van der Waals surface area contributed by atoms with E-state index >= 15 is 0 Å². The lowest BCUT2D eigenvalue weighted by molar-refractivity contribution is -0.138. The van der Waals surface area contributed by atoms with Gasteiger partial charge in [-0.1, -0.05) is 34.1 Å². The fraction of sp³-hybridized carbons (Fsp3) is 0.500. The van der Waals surface area contributed by atoms with Crippen molar-refractivity contribution in [1.82, 2.24) is 9.80 Å². The van der Waals surface area contributed by atoms with Gasteiger partial charge in [-0.3, -0.25) is 4.79 Å². The van der Waals surface area contributed by atoms with Gasteiger partial charge in [0.2, 0.25) is 5.91 Å². The second kappa shape index (κ2) is 10.3. The van der Waals surface area contributed by atoms with Gasteiger partial charge < -0.3 is 19.3 Å². The van der Waals surface area contributed by atoms with E-state index in [1.165, 1.54) is 11.1 Å². The number of piperidine rings is 1. The second-order valence-electron chi connectivity index (χ2n) is 9.02. The first-order valence-electron chi connectivity index (χ1n) is 11.5. The molecular weight excluding hydrogens is 468 g/mol.